The van der Waals surface area contributed by atoms with Gasteiger partial charge in [0.25, 0.3) is 0 Å². The van der Waals surface area contributed by atoms with Gasteiger partial charge in [-0.2, -0.15) is 0 Å². The average Bonchev–Trinajstić information content (AvgIpc) is 2.98. The highest BCUT2D eigenvalue weighted by Gasteiger charge is 2.52. The molecule has 2 aliphatic rings. The van der Waals surface area contributed by atoms with Gasteiger partial charge in [0.05, 0.1) is 19.6 Å². The molecule has 0 N–H and O–H groups in total. The number of carbonyl (C=O) groups is 1. The van der Waals surface area contributed by atoms with E-state index in [1.165, 1.54) is 5.56 Å². The van der Waals surface area contributed by atoms with Crippen LogP contribution < -0.4 is 4.74 Å². The lowest BCUT2D eigenvalue weighted by molar-refractivity contribution is -0.176. The lowest BCUT2D eigenvalue weighted by atomic mass is 9.73. The fourth-order valence-corrected chi connectivity index (χ4v) is 3.91. The van der Waals surface area contributed by atoms with Crippen molar-refractivity contribution in [1.29, 1.82) is 0 Å². The molecule has 0 bridgehead atoms. The SMILES string of the molecule is COc1ccc([C@@H]2C(=O)O[C@@H]3OCC[C@@H](c4ccccc4)[C@@H]32)cc1. The van der Waals surface area contributed by atoms with Crippen LogP contribution in [-0.4, -0.2) is 26.0 Å². The lowest BCUT2D eigenvalue weighted by Gasteiger charge is -2.34. The van der Waals surface area contributed by atoms with Crippen molar-refractivity contribution in [2.45, 2.75) is 24.5 Å². The molecule has 2 heterocycles. The monoisotopic (exact) mass is 324 g/mol. The van der Waals surface area contributed by atoms with Crippen LogP contribution in [0.1, 0.15) is 29.4 Å². The van der Waals surface area contributed by atoms with E-state index in [-0.39, 0.29) is 23.7 Å². The Morgan fingerprint density at radius 3 is 2.46 bits per heavy atom. The van der Waals surface area contributed by atoms with E-state index in [9.17, 15) is 4.79 Å². The minimum Gasteiger partial charge on any atom is -0.497 e. The minimum atomic E-state index is -0.455. The van der Waals surface area contributed by atoms with Crippen molar-refractivity contribution < 1.29 is 19.0 Å². The maximum Gasteiger partial charge on any atom is 0.316 e. The zero-order valence-electron chi connectivity index (χ0n) is 13.6. The van der Waals surface area contributed by atoms with Crippen LogP contribution in [0.2, 0.25) is 0 Å². The Morgan fingerprint density at radius 2 is 1.75 bits per heavy atom. The van der Waals surface area contributed by atoms with Crippen LogP contribution in [0.25, 0.3) is 0 Å². The van der Waals surface area contributed by atoms with E-state index in [1.807, 2.05) is 42.5 Å². The van der Waals surface area contributed by atoms with Crippen molar-refractivity contribution in [3.05, 3.63) is 65.7 Å². The normalized spacial score (nSPS) is 29.0. The molecule has 4 rings (SSSR count). The van der Waals surface area contributed by atoms with Gasteiger partial charge in [0.2, 0.25) is 6.29 Å². The molecular formula is C20H20O4. The number of methoxy groups -OCH3 is 1. The third kappa shape index (κ3) is 2.57. The highest BCUT2D eigenvalue weighted by atomic mass is 16.7. The molecule has 0 aromatic heterocycles. The second kappa shape index (κ2) is 6.29. The lowest BCUT2D eigenvalue weighted by Crippen LogP contribution is -2.34. The molecule has 0 spiro atoms. The summed E-state index contributed by atoms with van der Waals surface area (Å²) in [4.78, 5) is 12.5. The van der Waals surface area contributed by atoms with Crippen LogP contribution in [0.15, 0.2) is 54.6 Å². The van der Waals surface area contributed by atoms with E-state index in [0.29, 0.717) is 6.61 Å². The first-order valence-corrected chi connectivity index (χ1v) is 8.29. The van der Waals surface area contributed by atoms with Crippen molar-refractivity contribution in [2.75, 3.05) is 13.7 Å². The fourth-order valence-electron chi connectivity index (χ4n) is 3.91. The van der Waals surface area contributed by atoms with Crippen LogP contribution in [0.5, 0.6) is 5.75 Å². The highest BCUT2D eigenvalue weighted by molar-refractivity contribution is 5.81. The summed E-state index contributed by atoms with van der Waals surface area (Å²) in [7, 11) is 1.63. The van der Waals surface area contributed by atoms with Crippen LogP contribution in [0, 0.1) is 5.92 Å². The molecular weight excluding hydrogens is 304 g/mol. The summed E-state index contributed by atoms with van der Waals surface area (Å²) in [5.74, 6) is 0.538. The van der Waals surface area contributed by atoms with Crippen LogP contribution in [-0.2, 0) is 14.3 Å². The second-order valence-electron chi connectivity index (χ2n) is 6.31. The van der Waals surface area contributed by atoms with E-state index in [0.717, 1.165) is 17.7 Å². The van der Waals surface area contributed by atoms with E-state index in [1.54, 1.807) is 7.11 Å². The summed E-state index contributed by atoms with van der Waals surface area (Å²) in [6, 6.07) is 18.0. The van der Waals surface area contributed by atoms with Gasteiger partial charge in [0, 0.05) is 5.92 Å². The Hall–Kier alpha value is -2.33. The zero-order chi connectivity index (χ0) is 16.5. The molecule has 124 valence electrons. The van der Waals surface area contributed by atoms with Crippen molar-refractivity contribution >= 4 is 5.97 Å². The van der Waals surface area contributed by atoms with Crippen LogP contribution >= 0.6 is 0 Å². The van der Waals surface area contributed by atoms with Gasteiger partial charge in [-0.05, 0) is 35.6 Å². The second-order valence-corrected chi connectivity index (χ2v) is 6.31. The number of hydrogen-bond acceptors (Lipinski definition) is 4. The van der Waals surface area contributed by atoms with Gasteiger partial charge in [-0.15, -0.1) is 0 Å². The molecule has 2 aromatic rings. The number of hydrogen-bond donors (Lipinski definition) is 0. The van der Waals surface area contributed by atoms with Gasteiger partial charge in [-0.1, -0.05) is 42.5 Å². The molecule has 2 fully saturated rings. The van der Waals surface area contributed by atoms with Crippen molar-refractivity contribution in [3.63, 3.8) is 0 Å². The molecule has 0 saturated carbocycles. The van der Waals surface area contributed by atoms with Gasteiger partial charge in [0.1, 0.15) is 5.75 Å². The smallest absolute Gasteiger partial charge is 0.316 e. The quantitative estimate of drug-likeness (QED) is 0.811. The molecule has 2 aromatic carbocycles. The van der Waals surface area contributed by atoms with E-state index < -0.39 is 6.29 Å². The number of fused-ring (bicyclic) bond motifs is 1. The predicted molar refractivity (Wildman–Crippen MR) is 88.9 cm³/mol. The van der Waals surface area contributed by atoms with Gasteiger partial charge >= 0.3 is 5.97 Å². The van der Waals surface area contributed by atoms with Gasteiger partial charge in [-0.25, -0.2) is 0 Å². The number of ether oxygens (including phenoxy) is 3. The number of rotatable bonds is 3. The number of carbonyl (C=O) groups excluding carboxylic acids is 1. The Kier molecular flexibility index (Phi) is 3.98. The maximum absolute atomic E-state index is 12.5. The third-order valence-electron chi connectivity index (χ3n) is 5.06. The topological polar surface area (TPSA) is 44.8 Å². The first-order valence-electron chi connectivity index (χ1n) is 8.29. The zero-order valence-corrected chi connectivity index (χ0v) is 13.6. The molecule has 24 heavy (non-hydrogen) atoms. The highest BCUT2D eigenvalue weighted by Crippen LogP contribution is 2.49. The molecule has 2 aliphatic heterocycles. The Balaban J connectivity index is 1.71. The molecule has 4 heteroatoms. The molecule has 0 amide bonds. The third-order valence-corrected chi connectivity index (χ3v) is 5.06. The summed E-state index contributed by atoms with van der Waals surface area (Å²) in [6.07, 6.45) is 0.442. The maximum atomic E-state index is 12.5. The molecule has 0 radical (unpaired) electrons. The summed E-state index contributed by atoms with van der Waals surface area (Å²) >= 11 is 0. The van der Waals surface area contributed by atoms with Gasteiger partial charge in [-0.3, -0.25) is 4.79 Å². The van der Waals surface area contributed by atoms with Gasteiger partial charge < -0.3 is 14.2 Å². The molecule has 0 unspecified atom stereocenters. The molecule has 4 atom stereocenters. The first-order chi connectivity index (χ1) is 11.8. The minimum absolute atomic E-state index is 0.00189. The van der Waals surface area contributed by atoms with E-state index >= 15 is 0 Å². The Morgan fingerprint density at radius 1 is 1.00 bits per heavy atom. The van der Waals surface area contributed by atoms with E-state index in [4.69, 9.17) is 14.2 Å². The number of esters is 1. The Labute approximate surface area is 141 Å². The standard InChI is InChI=1S/C20H20O4/c1-22-15-9-7-14(8-10-15)17-18-16(13-5-3-2-4-6-13)11-12-23-20(18)24-19(17)21/h2-10,16-18,20H,11-12H2,1H3/t16-,17-,18+,20-/m0/s1. The summed E-state index contributed by atoms with van der Waals surface area (Å²) < 4.78 is 16.5. The van der Waals surface area contributed by atoms with Crippen LogP contribution in [0.4, 0.5) is 0 Å². The van der Waals surface area contributed by atoms with E-state index in [2.05, 4.69) is 12.1 Å². The van der Waals surface area contributed by atoms with Gasteiger partial charge in [0.15, 0.2) is 0 Å². The number of benzene rings is 2. The summed E-state index contributed by atoms with van der Waals surface area (Å²) in [6.45, 7) is 0.614. The van der Waals surface area contributed by atoms with Crippen molar-refractivity contribution in [2.24, 2.45) is 5.92 Å². The summed E-state index contributed by atoms with van der Waals surface area (Å²) in [5, 5.41) is 0. The predicted octanol–water partition coefficient (Wildman–Crippen LogP) is 3.48. The largest absolute Gasteiger partial charge is 0.497 e. The van der Waals surface area contributed by atoms with Crippen LogP contribution in [0.3, 0.4) is 0 Å². The molecule has 4 nitrogen and oxygen atoms in total. The molecule has 0 aliphatic carbocycles. The summed E-state index contributed by atoms with van der Waals surface area (Å²) in [5.41, 5.74) is 2.20. The van der Waals surface area contributed by atoms with Crippen molar-refractivity contribution in [3.8, 4) is 5.75 Å². The first kappa shape index (κ1) is 15.2. The van der Waals surface area contributed by atoms with Crippen molar-refractivity contribution in [1.82, 2.24) is 0 Å². The Bertz CT molecular complexity index is 710. The average molecular weight is 324 g/mol. The fraction of sp³-hybridized carbons (Fsp3) is 0.350. The molecule has 2 saturated heterocycles.